The van der Waals surface area contributed by atoms with Crippen molar-refractivity contribution in [3.05, 3.63) is 94.1 Å². The summed E-state index contributed by atoms with van der Waals surface area (Å²) in [5.74, 6) is -7.03. The Morgan fingerprint density at radius 2 is 1.32 bits per heavy atom. The molecule has 10 heteroatoms. The molecular weight excluding hydrogens is 440 g/mol. The highest BCUT2D eigenvalue weighted by Crippen LogP contribution is 2.50. The molecule has 0 saturated carbocycles. The minimum atomic E-state index is -2.82. The molecule has 1 N–H and O–H groups in total. The molecule has 2 unspecified atom stereocenters. The first-order valence-electron chi connectivity index (χ1n) is 9.71. The number of aromatic nitrogens is 2. The number of nitrogens with one attached hydrogen (secondary N) is 1. The summed E-state index contributed by atoms with van der Waals surface area (Å²) < 4.78 is 0. The van der Waals surface area contributed by atoms with Gasteiger partial charge in [0.15, 0.2) is 28.7 Å². The number of ketones is 4. The van der Waals surface area contributed by atoms with E-state index in [1.54, 1.807) is 0 Å². The number of carbonyl (C=O) groups is 6. The van der Waals surface area contributed by atoms with Crippen LogP contribution in [0.1, 0.15) is 5.82 Å². The lowest BCUT2D eigenvalue weighted by Crippen LogP contribution is -2.67. The molecule has 1 aromatic rings. The molecule has 0 radical (unpaired) electrons. The quantitative estimate of drug-likeness (QED) is 0.378. The predicted molar refractivity (Wildman–Crippen MR) is 122 cm³/mol. The maximum Gasteiger partial charge on any atom is 0.249 e. The second-order valence-corrected chi connectivity index (χ2v) is 6.88. The summed E-state index contributed by atoms with van der Waals surface area (Å²) in [5.41, 5.74) is -5.47. The van der Waals surface area contributed by atoms with Crippen LogP contribution in [-0.2, 0) is 34.4 Å². The Labute approximate surface area is 195 Å². The van der Waals surface area contributed by atoms with Crippen molar-refractivity contribution in [2.45, 2.75) is 17.2 Å². The van der Waals surface area contributed by atoms with E-state index in [0.717, 1.165) is 18.2 Å². The van der Waals surface area contributed by atoms with Gasteiger partial charge < -0.3 is 4.98 Å². The maximum atomic E-state index is 13.6. The van der Waals surface area contributed by atoms with Crippen LogP contribution in [0.25, 0.3) is 0 Å². The predicted octanol–water partition coefficient (Wildman–Crippen LogP) is 0.733. The lowest BCUT2D eigenvalue weighted by Gasteiger charge is -2.42. The molecule has 10 nitrogen and oxygen atoms in total. The Morgan fingerprint density at radius 3 is 1.71 bits per heavy atom. The molecule has 1 aromatic heterocycles. The van der Waals surface area contributed by atoms with Gasteiger partial charge >= 0.3 is 0 Å². The summed E-state index contributed by atoms with van der Waals surface area (Å²) in [6.45, 7) is 20.4. The van der Waals surface area contributed by atoms with Gasteiger partial charge in [-0.1, -0.05) is 39.5 Å². The van der Waals surface area contributed by atoms with Crippen molar-refractivity contribution in [1.29, 1.82) is 0 Å². The molecule has 2 atom stereocenters. The van der Waals surface area contributed by atoms with E-state index >= 15 is 0 Å². The molecule has 34 heavy (non-hydrogen) atoms. The zero-order chi connectivity index (χ0) is 25.8. The molecule has 0 aromatic carbocycles. The second kappa shape index (κ2) is 9.41. The molecule has 1 aliphatic heterocycles. The lowest BCUT2D eigenvalue weighted by atomic mass is 9.78. The maximum absolute atomic E-state index is 13.6. The first-order valence-corrected chi connectivity index (χ1v) is 9.71. The molecule has 0 bridgehead atoms. The third kappa shape index (κ3) is 3.07. The fourth-order valence-corrected chi connectivity index (χ4v) is 4.20. The highest BCUT2D eigenvalue weighted by atomic mass is 16.2. The third-order valence-corrected chi connectivity index (χ3v) is 5.44. The highest BCUT2D eigenvalue weighted by Gasteiger charge is 2.77. The van der Waals surface area contributed by atoms with Gasteiger partial charge in [-0.15, -0.1) is 0 Å². The number of amides is 2. The lowest BCUT2D eigenvalue weighted by molar-refractivity contribution is -0.161. The first kappa shape index (κ1) is 25.5. The van der Waals surface area contributed by atoms with Crippen LogP contribution < -0.4 is 0 Å². The number of imidazole rings is 1. The third-order valence-electron chi connectivity index (χ3n) is 5.44. The van der Waals surface area contributed by atoms with Gasteiger partial charge in [-0.25, -0.2) is 4.98 Å². The zero-order valence-electron chi connectivity index (χ0n) is 18.2. The average molecular weight is 462 g/mol. The van der Waals surface area contributed by atoms with E-state index in [2.05, 4.69) is 49.4 Å². The number of hydrogen-bond acceptors (Lipinski definition) is 7. The van der Waals surface area contributed by atoms with Gasteiger partial charge in [0.25, 0.3) is 0 Å². The van der Waals surface area contributed by atoms with Crippen molar-refractivity contribution in [2.24, 2.45) is 0 Å². The van der Waals surface area contributed by atoms with E-state index in [-0.39, 0.29) is 5.82 Å². The number of H-pyrrole nitrogens is 1. The minimum absolute atomic E-state index is 0.361. The molecule has 2 rings (SSSR count). The number of rotatable bonds is 11. The molecular formula is C24H22N4O6. The summed E-state index contributed by atoms with van der Waals surface area (Å²) >= 11 is 0. The van der Waals surface area contributed by atoms with E-state index in [0.29, 0.717) is 28.0 Å². The fourth-order valence-electron chi connectivity index (χ4n) is 4.20. The Balaban J connectivity index is 3.40. The van der Waals surface area contributed by atoms with E-state index in [1.807, 2.05) is 0 Å². The Hall–Kier alpha value is -4.73. The average Bonchev–Trinajstić information content (AvgIpc) is 3.49. The Morgan fingerprint density at radius 1 is 0.794 bits per heavy atom. The van der Waals surface area contributed by atoms with Gasteiger partial charge in [-0.3, -0.25) is 38.6 Å². The van der Waals surface area contributed by atoms with Crippen molar-refractivity contribution in [3.8, 4) is 0 Å². The van der Waals surface area contributed by atoms with Gasteiger partial charge in [0.05, 0.1) is 0 Å². The second-order valence-electron chi connectivity index (χ2n) is 6.88. The van der Waals surface area contributed by atoms with E-state index in [1.165, 1.54) is 12.4 Å². The smallest absolute Gasteiger partial charge is 0.249 e. The van der Waals surface area contributed by atoms with Crippen LogP contribution >= 0.6 is 0 Å². The number of aromatic amines is 1. The van der Waals surface area contributed by atoms with Crippen LogP contribution in [0.5, 0.6) is 0 Å². The van der Waals surface area contributed by atoms with Crippen LogP contribution in [-0.4, -0.2) is 66.3 Å². The Kier molecular flexibility index (Phi) is 7.06. The molecule has 1 aliphatic rings. The molecule has 0 aliphatic carbocycles. The van der Waals surface area contributed by atoms with Gasteiger partial charge in [-0.2, -0.15) is 0 Å². The SMILES string of the molecule is C=CC(=O)C1N(C(=O)C=C)C(C(=O)C=C)(c2ncc[nH]2)N(C(=O)C=C)C1(C(=O)C=C)C(=O)C=C. The van der Waals surface area contributed by atoms with Gasteiger partial charge in [0.2, 0.25) is 23.3 Å². The van der Waals surface area contributed by atoms with Crippen molar-refractivity contribution in [3.63, 3.8) is 0 Å². The van der Waals surface area contributed by atoms with Crippen LogP contribution in [0.2, 0.25) is 0 Å². The summed E-state index contributed by atoms with van der Waals surface area (Å²) in [5, 5.41) is 0. The molecule has 1 saturated heterocycles. The zero-order valence-corrected chi connectivity index (χ0v) is 18.2. The monoisotopic (exact) mass is 462 g/mol. The standard InChI is InChI=1S/C24H22N4O6/c1-7-15(29)21-23(16(30)8-2,17(31)9-3)28(20(34)12-6)24(18(32)10-4,22-25-13-14-26-22)27(21)19(33)11-5/h7-14,21H,1-6H2,(H,25,26). The van der Waals surface area contributed by atoms with Gasteiger partial charge in [0.1, 0.15) is 6.04 Å². The van der Waals surface area contributed by atoms with E-state index in [9.17, 15) is 28.8 Å². The first-order chi connectivity index (χ1) is 16.1. The van der Waals surface area contributed by atoms with Crippen LogP contribution in [0.15, 0.2) is 88.3 Å². The number of carbonyl (C=O) groups excluding carboxylic acids is 6. The fraction of sp³-hybridized carbons (Fsp3) is 0.125. The molecule has 2 amide bonds. The molecule has 0 spiro atoms. The van der Waals surface area contributed by atoms with Crippen molar-refractivity contribution >= 4 is 34.9 Å². The van der Waals surface area contributed by atoms with Gasteiger partial charge in [-0.05, 0) is 36.5 Å². The largest absolute Gasteiger partial charge is 0.345 e. The summed E-state index contributed by atoms with van der Waals surface area (Å²) in [4.78, 5) is 88.4. The number of hydrogen-bond donors (Lipinski definition) is 1. The number of nitrogens with zero attached hydrogens (tertiary/aromatic N) is 3. The topological polar surface area (TPSA) is 138 Å². The molecule has 1 fully saturated rings. The normalized spacial score (nSPS) is 20.5. The van der Waals surface area contributed by atoms with Crippen LogP contribution in [0.3, 0.4) is 0 Å². The van der Waals surface area contributed by atoms with Crippen LogP contribution in [0, 0.1) is 0 Å². The highest BCUT2D eigenvalue weighted by molar-refractivity contribution is 6.28. The Bertz CT molecular complexity index is 1140. The van der Waals surface area contributed by atoms with E-state index in [4.69, 9.17) is 0 Å². The molecule has 174 valence electrons. The summed E-state index contributed by atoms with van der Waals surface area (Å²) in [7, 11) is 0. The summed E-state index contributed by atoms with van der Waals surface area (Å²) in [6, 6.07) is -2.08. The van der Waals surface area contributed by atoms with Crippen molar-refractivity contribution in [2.75, 3.05) is 0 Å². The van der Waals surface area contributed by atoms with Crippen molar-refractivity contribution < 1.29 is 28.8 Å². The van der Waals surface area contributed by atoms with Crippen molar-refractivity contribution in [1.82, 2.24) is 19.8 Å². The van der Waals surface area contributed by atoms with Crippen LogP contribution in [0.4, 0.5) is 0 Å². The minimum Gasteiger partial charge on any atom is -0.345 e. The summed E-state index contributed by atoms with van der Waals surface area (Å²) in [6.07, 6.45) is 6.85. The van der Waals surface area contributed by atoms with E-state index < -0.39 is 52.2 Å². The molecule has 2 heterocycles. The van der Waals surface area contributed by atoms with Gasteiger partial charge in [0, 0.05) is 12.4 Å².